The van der Waals surface area contributed by atoms with E-state index in [4.69, 9.17) is 14.2 Å². The van der Waals surface area contributed by atoms with Gasteiger partial charge in [-0.25, -0.2) is 15.0 Å². The molecule has 7 nitrogen and oxygen atoms in total. The lowest BCUT2D eigenvalue weighted by atomic mass is 10.1. The topological polar surface area (TPSA) is 71.3 Å². The van der Waals surface area contributed by atoms with E-state index >= 15 is 0 Å². The van der Waals surface area contributed by atoms with Gasteiger partial charge in [0.15, 0.2) is 11.5 Å². The van der Waals surface area contributed by atoms with Crippen LogP contribution >= 0.6 is 0 Å². The summed E-state index contributed by atoms with van der Waals surface area (Å²) < 4.78 is 18.3. The summed E-state index contributed by atoms with van der Waals surface area (Å²) in [6, 6.07) is 1.85. The molecule has 0 aliphatic carbocycles. The fourth-order valence-electron chi connectivity index (χ4n) is 2.63. The Labute approximate surface area is 133 Å². The fraction of sp³-hybridized carbons (Fsp3) is 0.312. The van der Waals surface area contributed by atoms with E-state index in [0.717, 1.165) is 23.4 Å². The van der Waals surface area contributed by atoms with Gasteiger partial charge in [0.1, 0.15) is 23.5 Å². The highest BCUT2D eigenvalue weighted by Crippen LogP contribution is 2.43. The molecule has 0 bridgehead atoms. The first-order chi connectivity index (χ1) is 11.2. The summed E-state index contributed by atoms with van der Waals surface area (Å²) in [5.41, 5.74) is 0.658. The Balaban J connectivity index is 2.38. The lowest BCUT2D eigenvalue weighted by Crippen LogP contribution is -2.05. The summed E-state index contributed by atoms with van der Waals surface area (Å²) in [6.45, 7) is 2.05. The molecule has 0 fully saturated rings. The highest BCUT2D eigenvalue weighted by Gasteiger charge is 2.20. The van der Waals surface area contributed by atoms with E-state index in [1.807, 2.05) is 23.8 Å². The van der Waals surface area contributed by atoms with Crippen LogP contribution in [-0.4, -0.2) is 40.8 Å². The second kappa shape index (κ2) is 6.12. The molecule has 0 spiro atoms. The summed E-state index contributed by atoms with van der Waals surface area (Å²) in [4.78, 5) is 13.1. The summed E-state index contributed by atoms with van der Waals surface area (Å²) in [5.74, 6) is 3.23. The zero-order valence-electron chi connectivity index (χ0n) is 13.5. The number of aromatic nitrogens is 4. The van der Waals surface area contributed by atoms with Gasteiger partial charge in [0.25, 0.3) is 0 Å². The van der Waals surface area contributed by atoms with Gasteiger partial charge in [-0.15, -0.1) is 0 Å². The Morgan fingerprint density at radius 1 is 1.00 bits per heavy atom. The van der Waals surface area contributed by atoms with Gasteiger partial charge in [0, 0.05) is 18.8 Å². The molecular weight excluding hydrogens is 296 g/mol. The van der Waals surface area contributed by atoms with Crippen LogP contribution in [0.15, 0.2) is 24.8 Å². The standard InChI is InChI=1S/C16H18N4O3/c1-5-12-17-6-7-20(12)16-10-8-11(21-2)14(22-3)15(23-4)13(10)18-9-19-16/h6-9H,5H2,1-4H3. The molecule has 7 heteroatoms. The lowest BCUT2D eigenvalue weighted by Gasteiger charge is -2.16. The molecule has 3 rings (SSSR count). The molecule has 2 aromatic heterocycles. The van der Waals surface area contributed by atoms with E-state index in [9.17, 15) is 0 Å². The van der Waals surface area contributed by atoms with Gasteiger partial charge in [0.05, 0.1) is 26.7 Å². The van der Waals surface area contributed by atoms with Crippen LogP contribution in [0.2, 0.25) is 0 Å². The molecule has 0 atom stereocenters. The first kappa shape index (κ1) is 15.1. The Kier molecular flexibility index (Phi) is 4.01. The summed E-state index contributed by atoms with van der Waals surface area (Å²) >= 11 is 0. The average Bonchev–Trinajstić information content (AvgIpc) is 3.07. The second-order valence-electron chi connectivity index (χ2n) is 4.81. The van der Waals surface area contributed by atoms with Crippen molar-refractivity contribution in [2.45, 2.75) is 13.3 Å². The van der Waals surface area contributed by atoms with E-state index in [1.54, 1.807) is 27.5 Å². The zero-order valence-corrected chi connectivity index (χ0v) is 13.5. The number of hydrogen-bond donors (Lipinski definition) is 0. The van der Waals surface area contributed by atoms with Crippen molar-refractivity contribution in [3.63, 3.8) is 0 Å². The number of rotatable bonds is 5. The van der Waals surface area contributed by atoms with Crippen molar-refractivity contribution in [2.24, 2.45) is 0 Å². The molecule has 3 aromatic rings. The summed E-state index contributed by atoms with van der Waals surface area (Å²) in [7, 11) is 4.73. The maximum absolute atomic E-state index is 5.50. The molecule has 0 N–H and O–H groups in total. The van der Waals surface area contributed by atoms with Crippen LogP contribution in [-0.2, 0) is 6.42 Å². The monoisotopic (exact) mass is 314 g/mol. The number of ether oxygens (including phenoxy) is 3. The first-order valence-electron chi connectivity index (χ1n) is 7.21. The van der Waals surface area contributed by atoms with Crippen LogP contribution in [0.25, 0.3) is 16.7 Å². The van der Waals surface area contributed by atoms with Gasteiger partial charge in [-0.1, -0.05) is 6.92 Å². The third kappa shape index (κ3) is 2.34. The highest BCUT2D eigenvalue weighted by molar-refractivity contribution is 5.94. The quantitative estimate of drug-likeness (QED) is 0.720. The SMILES string of the molecule is CCc1nccn1-c1ncnc2c(OC)c(OC)c(OC)cc12. The molecule has 2 heterocycles. The van der Waals surface area contributed by atoms with E-state index in [-0.39, 0.29) is 0 Å². The zero-order chi connectivity index (χ0) is 16.4. The smallest absolute Gasteiger partial charge is 0.205 e. The fourth-order valence-corrected chi connectivity index (χ4v) is 2.63. The Morgan fingerprint density at radius 3 is 2.43 bits per heavy atom. The van der Waals surface area contributed by atoms with Crippen LogP contribution in [0.1, 0.15) is 12.7 Å². The molecule has 0 unspecified atom stereocenters. The maximum atomic E-state index is 5.50. The van der Waals surface area contributed by atoms with Gasteiger partial charge < -0.3 is 14.2 Å². The van der Waals surface area contributed by atoms with Crippen molar-refractivity contribution in [2.75, 3.05) is 21.3 Å². The predicted octanol–water partition coefficient (Wildman–Crippen LogP) is 2.40. The molecule has 0 saturated heterocycles. The van der Waals surface area contributed by atoms with E-state index in [1.165, 1.54) is 6.33 Å². The molecular formula is C16H18N4O3. The lowest BCUT2D eigenvalue weighted by molar-refractivity contribution is 0.327. The van der Waals surface area contributed by atoms with Gasteiger partial charge in [-0.3, -0.25) is 4.57 Å². The van der Waals surface area contributed by atoms with Crippen molar-refractivity contribution in [3.05, 3.63) is 30.6 Å². The van der Waals surface area contributed by atoms with Crippen LogP contribution in [0.4, 0.5) is 0 Å². The largest absolute Gasteiger partial charge is 0.493 e. The Hall–Kier alpha value is -2.83. The van der Waals surface area contributed by atoms with Crippen molar-refractivity contribution in [1.29, 1.82) is 0 Å². The maximum Gasteiger partial charge on any atom is 0.205 e. The van der Waals surface area contributed by atoms with E-state index in [2.05, 4.69) is 15.0 Å². The molecule has 0 aliphatic rings. The normalized spacial score (nSPS) is 10.8. The first-order valence-corrected chi connectivity index (χ1v) is 7.21. The highest BCUT2D eigenvalue weighted by atomic mass is 16.5. The molecule has 0 radical (unpaired) electrons. The molecule has 120 valence electrons. The van der Waals surface area contributed by atoms with Gasteiger partial charge in [0.2, 0.25) is 5.75 Å². The van der Waals surface area contributed by atoms with Gasteiger partial charge in [-0.2, -0.15) is 0 Å². The number of fused-ring (bicyclic) bond motifs is 1. The molecule has 1 aromatic carbocycles. The van der Waals surface area contributed by atoms with E-state index in [0.29, 0.717) is 22.8 Å². The minimum absolute atomic E-state index is 0.508. The number of hydrogen-bond acceptors (Lipinski definition) is 6. The molecule has 0 saturated carbocycles. The number of imidazole rings is 1. The third-order valence-corrected chi connectivity index (χ3v) is 3.67. The number of aryl methyl sites for hydroxylation is 1. The Bertz CT molecular complexity index is 845. The summed E-state index contributed by atoms with van der Waals surface area (Å²) in [5, 5.41) is 0.801. The van der Waals surface area contributed by atoms with Crippen LogP contribution < -0.4 is 14.2 Å². The van der Waals surface area contributed by atoms with Gasteiger partial charge >= 0.3 is 0 Å². The minimum Gasteiger partial charge on any atom is -0.493 e. The number of nitrogens with zero attached hydrogens (tertiary/aromatic N) is 4. The Morgan fingerprint density at radius 2 is 1.78 bits per heavy atom. The van der Waals surface area contributed by atoms with Crippen molar-refractivity contribution >= 4 is 10.9 Å². The van der Waals surface area contributed by atoms with E-state index < -0.39 is 0 Å². The van der Waals surface area contributed by atoms with Crippen molar-refractivity contribution < 1.29 is 14.2 Å². The molecule has 0 amide bonds. The molecule has 0 aliphatic heterocycles. The summed E-state index contributed by atoms with van der Waals surface area (Å²) in [6.07, 6.45) is 5.93. The average molecular weight is 314 g/mol. The van der Waals surface area contributed by atoms with Crippen LogP contribution in [0.5, 0.6) is 17.2 Å². The minimum atomic E-state index is 0.508. The predicted molar refractivity (Wildman–Crippen MR) is 85.7 cm³/mol. The van der Waals surface area contributed by atoms with Crippen LogP contribution in [0.3, 0.4) is 0 Å². The van der Waals surface area contributed by atoms with Crippen LogP contribution in [0, 0.1) is 0 Å². The van der Waals surface area contributed by atoms with Gasteiger partial charge in [-0.05, 0) is 6.07 Å². The van der Waals surface area contributed by atoms with Crippen molar-refractivity contribution in [1.82, 2.24) is 19.5 Å². The molecule has 23 heavy (non-hydrogen) atoms. The second-order valence-corrected chi connectivity index (χ2v) is 4.81. The van der Waals surface area contributed by atoms with Crippen molar-refractivity contribution in [3.8, 4) is 23.1 Å². The number of benzene rings is 1. The number of methoxy groups -OCH3 is 3. The third-order valence-electron chi connectivity index (χ3n) is 3.67.